The van der Waals surface area contributed by atoms with Crippen LogP contribution in [0.25, 0.3) is 10.8 Å². The molecule has 0 aliphatic carbocycles. The average Bonchev–Trinajstić information content (AvgIpc) is 2.38. The van der Waals surface area contributed by atoms with Crippen molar-refractivity contribution in [3.05, 3.63) is 34.6 Å². The Morgan fingerprint density at radius 3 is 2.89 bits per heavy atom. The van der Waals surface area contributed by atoms with Gasteiger partial charge < -0.3 is 9.47 Å². The standard InChI is InChI=1S/C14H16N2OS/c1-15(2)11-5-4-10-8-13-16(6-3-7-18-13)14(17)12(10)9-11/h4-5,8-9H,3,6-7H2,1-2H3. The summed E-state index contributed by atoms with van der Waals surface area (Å²) < 4.78 is 1.91. The predicted molar refractivity (Wildman–Crippen MR) is 77.9 cm³/mol. The Kier molecular flexibility index (Phi) is 2.82. The largest absolute Gasteiger partial charge is 0.378 e. The Hall–Kier alpha value is -1.42. The fourth-order valence-electron chi connectivity index (χ4n) is 2.32. The number of anilines is 1. The molecule has 0 saturated heterocycles. The van der Waals surface area contributed by atoms with Gasteiger partial charge in [0.25, 0.3) is 5.56 Å². The van der Waals surface area contributed by atoms with Crippen molar-refractivity contribution >= 4 is 28.2 Å². The molecular formula is C14H16N2OS. The molecule has 18 heavy (non-hydrogen) atoms. The van der Waals surface area contributed by atoms with Crippen LogP contribution in [0, 0.1) is 0 Å². The quantitative estimate of drug-likeness (QED) is 0.788. The molecule has 1 aliphatic heterocycles. The maximum absolute atomic E-state index is 12.5. The molecular weight excluding hydrogens is 244 g/mol. The number of hydrogen-bond acceptors (Lipinski definition) is 3. The third-order valence-electron chi connectivity index (χ3n) is 3.35. The van der Waals surface area contributed by atoms with Gasteiger partial charge in [0, 0.05) is 37.5 Å². The highest BCUT2D eigenvalue weighted by atomic mass is 32.2. The molecule has 1 aromatic heterocycles. The van der Waals surface area contributed by atoms with Crippen LogP contribution < -0.4 is 10.5 Å². The van der Waals surface area contributed by atoms with E-state index >= 15 is 0 Å². The smallest absolute Gasteiger partial charge is 0.259 e. The first-order chi connectivity index (χ1) is 8.66. The normalized spacial score (nSPS) is 14.6. The van der Waals surface area contributed by atoms with Crippen molar-refractivity contribution in [2.24, 2.45) is 0 Å². The number of aromatic nitrogens is 1. The van der Waals surface area contributed by atoms with Gasteiger partial charge in [-0.05, 0) is 30.0 Å². The molecule has 94 valence electrons. The summed E-state index contributed by atoms with van der Waals surface area (Å²) in [6.45, 7) is 0.850. The van der Waals surface area contributed by atoms with Crippen LogP contribution in [0.1, 0.15) is 6.42 Å². The van der Waals surface area contributed by atoms with E-state index in [4.69, 9.17) is 0 Å². The first kappa shape index (κ1) is 11.7. The van der Waals surface area contributed by atoms with Crippen molar-refractivity contribution in [3.8, 4) is 0 Å². The SMILES string of the molecule is CN(C)c1ccc2cc3n(c(=O)c2c1)CCCS3. The lowest BCUT2D eigenvalue weighted by atomic mass is 10.1. The maximum atomic E-state index is 12.5. The van der Waals surface area contributed by atoms with Gasteiger partial charge >= 0.3 is 0 Å². The minimum absolute atomic E-state index is 0.151. The second-order valence-corrected chi connectivity index (χ2v) is 5.92. The Morgan fingerprint density at radius 2 is 2.11 bits per heavy atom. The zero-order valence-corrected chi connectivity index (χ0v) is 11.5. The Morgan fingerprint density at radius 1 is 1.28 bits per heavy atom. The predicted octanol–water partition coefficient (Wildman–Crippen LogP) is 2.56. The van der Waals surface area contributed by atoms with Gasteiger partial charge in [0.1, 0.15) is 0 Å². The van der Waals surface area contributed by atoms with Crippen LogP contribution in [0.3, 0.4) is 0 Å². The fraction of sp³-hybridized carbons (Fsp3) is 0.357. The van der Waals surface area contributed by atoms with E-state index in [1.54, 1.807) is 11.8 Å². The number of thioether (sulfide) groups is 1. The molecule has 0 saturated carbocycles. The van der Waals surface area contributed by atoms with Crippen LogP contribution in [0.4, 0.5) is 5.69 Å². The summed E-state index contributed by atoms with van der Waals surface area (Å²) in [6.07, 6.45) is 1.08. The zero-order chi connectivity index (χ0) is 12.7. The van der Waals surface area contributed by atoms with Crippen LogP contribution in [-0.4, -0.2) is 24.4 Å². The lowest BCUT2D eigenvalue weighted by Crippen LogP contribution is -2.24. The van der Waals surface area contributed by atoms with E-state index in [2.05, 4.69) is 12.1 Å². The highest BCUT2D eigenvalue weighted by Gasteiger charge is 2.13. The molecule has 3 rings (SSSR count). The van der Waals surface area contributed by atoms with Crippen LogP contribution in [-0.2, 0) is 6.54 Å². The van der Waals surface area contributed by atoms with Crippen molar-refractivity contribution in [1.29, 1.82) is 0 Å². The molecule has 0 fully saturated rings. The second kappa shape index (κ2) is 4.35. The van der Waals surface area contributed by atoms with Crippen LogP contribution in [0.5, 0.6) is 0 Å². The molecule has 0 N–H and O–H groups in total. The Balaban J connectivity index is 2.29. The molecule has 0 unspecified atom stereocenters. The van der Waals surface area contributed by atoms with Crippen LogP contribution >= 0.6 is 11.8 Å². The molecule has 2 aromatic rings. The van der Waals surface area contributed by atoms with Crippen molar-refractivity contribution in [2.75, 3.05) is 24.7 Å². The summed E-state index contributed by atoms with van der Waals surface area (Å²) in [4.78, 5) is 14.5. The van der Waals surface area contributed by atoms with E-state index in [1.165, 1.54) is 0 Å². The molecule has 0 spiro atoms. The summed E-state index contributed by atoms with van der Waals surface area (Å²) in [6, 6.07) is 8.23. The minimum atomic E-state index is 0.151. The first-order valence-corrected chi connectivity index (χ1v) is 7.13. The summed E-state index contributed by atoms with van der Waals surface area (Å²) in [5.41, 5.74) is 1.22. The van der Waals surface area contributed by atoms with Crippen molar-refractivity contribution in [2.45, 2.75) is 18.0 Å². The molecule has 1 aliphatic rings. The van der Waals surface area contributed by atoms with E-state index in [-0.39, 0.29) is 5.56 Å². The molecule has 3 nitrogen and oxygen atoms in total. The average molecular weight is 260 g/mol. The molecule has 2 heterocycles. The van der Waals surface area contributed by atoms with Crippen molar-refractivity contribution in [3.63, 3.8) is 0 Å². The van der Waals surface area contributed by atoms with Crippen molar-refractivity contribution < 1.29 is 0 Å². The van der Waals surface area contributed by atoms with Crippen molar-refractivity contribution in [1.82, 2.24) is 4.57 Å². The number of nitrogens with zero attached hydrogens (tertiary/aromatic N) is 2. The number of hydrogen-bond donors (Lipinski definition) is 0. The monoisotopic (exact) mass is 260 g/mol. The lowest BCUT2D eigenvalue weighted by molar-refractivity contribution is 0.596. The summed E-state index contributed by atoms with van der Waals surface area (Å²) in [5.74, 6) is 1.11. The maximum Gasteiger partial charge on any atom is 0.259 e. The summed E-state index contributed by atoms with van der Waals surface area (Å²) in [5, 5.41) is 2.98. The molecule has 0 radical (unpaired) electrons. The van der Waals surface area contributed by atoms with E-state index < -0.39 is 0 Å². The Bertz CT molecular complexity index is 661. The van der Waals surface area contributed by atoms with Gasteiger partial charge in [0.2, 0.25) is 0 Å². The molecule has 1 aromatic carbocycles. The van der Waals surface area contributed by atoms with E-state index in [0.717, 1.165) is 40.2 Å². The molecule has 0 atom stereocenters. The van der Waals surface area contributed by atoms with Gasteiger partial charge in [0.15, 0.2) is 0 Å². The van der Waals surface area contributed by atoms with Gasteiger partial charge in [0.05, 0.1) is 5.03 Å². The van der Waals surface area contributed by atoms with E-state index in [1.807, 2.05) is 35.7 Å². The topological polar surface area (TPSA) is 25.2 Å². The number of fused-ring (bicyclic) bond motifs is 2. The number of benzene rings is 1. The molecule has 4 heteroatoms. The first-order valence-electron chi connectivity index (χ1n) is 6.14. The summed E-state index contributed by atoms with van der Waals surface area (Å²) in [7, 11) is 3.99. The Labute approximate surface area is 110 Å². The van der Waals surface area contributed by atoms with Gasteiger partial charge in [-0.25, -0.2) is 0 Å². The fourth-order valence-corrected chi connectivity index (χ4v) is 3.34. The van der Waals surface area contributed by atoms with E-state index in [9.17, 15) is 4.79 Å². The molecule has 0 amide bonds. The second-order valence-electron chi connectivity index (χ2n) is 4.81. The number of pyridine rings is 1. The van der Waals surface area contributed by atoms with Gasteiger partial charge in [-0.3, -0.25) is 4.79 Å². The van der Waals surface area contributed by atoms with E-state index in [0.29, 0.717) is 0 Å². The van der Waals surface area contributed by atoms with Gasteiger partial charge in [-0.1, -0.05) is 6.07 Å². The summed E-state index contributed by atoms with van der Waals surface area (Å²) >= 11 is 1.78. The molecule has 0 bridgehead atoms. The van der Waals surface area contributed by atoms with Crippen LogP contribution in [0.15, 0.2) is 34.1 Å². The minimum Gasteiger partial charge on any atom is -0.378 e. The van der Waals surface area contributed by atoms with Gasteiger partial charge in [-0.15, -0.1) is 11.8 Å². The van der Waals surface area contributed by atoms with Gasteiger partial charge in [-0.2, -0.15) is 0 Å². The highest BCUT2D eigenvalue weighted by molar-refractivity contribution is 7.99. The third-order valence-corrected chi connectivity index (χ3v) is 4.48. The highest BCUT2D eigenvalue weighted by Crippen LogP contribution is 2.27. The lowest BCUT2D eigenvalue weighted by Gasteiger charge is -2.19. The zero-order valence-electron chi connectivity index (χ0n) is 10.6. The third kappa shape index (κ3) is 1.81. The van der Waals surface area contributed by atoms with Crippen LogP contribution in [0.2, 0.25) is 0 Å². The number of rotatable bonds is 1.